The minimum atomic E-state index is -0.682. The normalized spacial score (nSPS) is 11.3. The van der Waals surface area contributed by atoms with Gasteiger partial charge in [0.2, 0.25) is 11.8 Å². The highest BCUT2D eigenvalue weighted by Gasteiger charge is 2.16. The number of hydrogen-bond acceptors (Lipinski definition) is 3. The van der Waals surface area contributed by atoms with Gasteiger partial charge in [0, 0.05) is 18.3 Å². The maximum Gasteiger partial charge on any atom is 0.251 e. The predicted octanol–water partition coefficient (Wildman–Crippen LogP) is 1.73. The van der Waals surface area contributed by atoms with Crippen molar-refractivity contribution < 1.29 is 14.4 Å². The number of amides is 3. The zero-order valence-electron chi connectivity index (χ0n) is 14.2. The second kappa shape index (κ2) is 8.63. The van der Waals surface area contributed by atoms with E-state index in [4.69, 9.17) is 0 Å². The molecule has 1 atom stereocenters. The molecule has 0 aliphatic rings. The number of carbonyl (C=O) groups excluding carboxylic acids is 3. The molecule has 25 heavy (non-hydrogen) atoms. The van der Waals surface area contributed by atoms with Crippen molar-refractivity contribution in [3.63, 3.8) is 0 Å². The van der Waals surface area contributed by atoms with Gasteiger partial charge in [-0.2, -0.15) is 0 Å². The van der Waals surface area contributed by atoms with Crippen molar-refractivity contribution in [1.82, 2.24) is 10.6 Å². The second-order valence-electron chi connectivity index (χ2n) is 5.60. The largest absolute Gasteiger partial charge is 0.359 e. The molecule has 6 heteroatoms. The van der Waals surface area contributed by atoms with E-state index in [0.717, 1.165) is 5.56 Å². The van der Waals surface area contributed by atoms with Gasteiger partial charge in [-0.15, -0.1) is 0 Å². The molecule has 3 amide bonds. The Morgan fingerprint density at radius 3 is 2.20 bits per heavy atom. The Morgan fingerprint density at radius 1 is 0.960 bits per heavy atom. The molecule has 0 aromatic heterocycles. The molecule has 2 rings (SSSR count). The van der Waals surface area contributed by atoms with Gasteiger partial charge < -0.3 is 16.0 Å². The molecule has 0 aliphatic carbocycles. The molecule has 0 saturated heterocycles. The van der Waals surface area contributed by atoms with Gasteiger partial charge in [-0.3, -0.25) is 14.4 Å². The summed E-state index contributed by atoms with van der Waals surface area (Å²) in [6.07, 6.45) is 0.286. The lowest BCUT2D eigenvalue weighted by Gasteiger charge is -2.14. The Hall–Kier alpha value is -3.15. The maximum atomic E-state index is 12.2. The summed E-state index contributed by atoms with van der Waals surface area (Å²) in [4.78, 5) is 35.6. The molecular weight excluding hydrogens is 318 g/mol. The Kier molecular flexibility index (Phi) is 6.28. The fraction of sp³-hybridized carbons (Fsp3) is 0.211. The van der Waals surface area contributed by atoms with Crippen LogP contribution < -0.4 is 16.0 Å². The molecule has 6 nitrogen and oxygen atoms in total. The van der Waals surface area contributed by atoms with Gasteiger partial charge in [-0.25, -0.2) is 0 Å². The van der Waals surface area contributed by atoms with E-state index in [2.05, 4.69) is 16.0 Å². The van der Waals surface area contributed by atoms with Crippen molar-refractivity contribution in [3.05, 3.63) is 65.7 Å². The van der Waals surface area contributed by atoms with Crippen LogP contribution >= 0.6 is 0 Å². The van der Waals surface area contributed by atoms with Crippen molar-refractivity contribution >= 4 is 23.4 Å². The van der Waals surface area contributed by atoms with Gasteiger partial charge in [0.15, 0.2) is 0 Å². The van der Waals surface area contributed by atoms with Crippen molar-refractivity contribution in [2.24, 2.45) is 0 Å². The number of benzene rings is 2. The molecular formula is C19H21N3O3. The monoisotopic (exact) mass is 339 g/mol. The average molecular weight is 339 g/mol. The number of carbonyl (C=O) groups is 3. The molecule has 0 radical (unpaired) electrons. The Morgan fingerprint density at radius 2 is 1.60 bits per heavy atom. The van der Waals surface area contributed by atoms with Crippen molar-refractivity contribution in [1.29, 1.82) is 0 Å². The number of anilines is 1. The van der Waals surface area contributed by atoms with Crippen LogP contribution in [0.2, 0.25) is 0 Å². The Labute approximate surface area is 146 Å². The van der Waals surface area contributed by atoms with Crippen LogP contribution in [0.15, 0.2) is 54.6 Å². The molecule has 0 aliphatic heterocycles. The van der Waals surface area contributed by atoms with Crippen LogP contribution in [0.25, 0.3) is 0 Å². The van der Waals surface area contributed by atoms with Gasteiger partial charge in [0.25, 0.3) is 5.91 Å². The standard InChI is InChI=1S/C19H21N3O3/c1-13(21-19(25)15-6-4-3-5-7-15)18(24)22-16-10-8-14(9-11-16)12-17(23)20-2/h3-11,13H,12H2,1-2H3,(H,20,23)(H,21,25)(H,22,24). The average Bonchev–Trinajstić information content (AvgIpc) is 2.63. The number of nitrogens with one attached hydrogen (secondary N) is 3. The number of likely N-dealkylation sites (N-methyl/N-ethyl adjacent to an activating group) is 1. The molecule has 0 saturated carbocycles. The van der Waals surface area contributed by atoms with Gasteiger partial charge in [-0.1, -0.05) is 30.3 Å². The van der Waals surface area contributed by atoms with E-state index in [1.54, 1.807) is 62.5 Å². The maximum absolute atomic E-state index is 12.2. The molecule has 0 spiro atoms. The zero-order valence-corrected chi connectivity index (χ0v) is 14.2. The van der Waals surface area contributed by atoms with Crippen molar-refractivity contribution in [2.45, 2.75) is 19.4 Å². The third-order valence-corrected chi connectivity index (χ3v) is 3.64. The van der Waals surface area contributed by atoms with E-state index in [1.165, 1.54) is 0 Å². The van der Waals surface area contributed by atoms with Crippen molar-refractivity contribution in [3.8, 4) is 0 Å². The lowest BCUT2D eigenvalue weighted by molar-refractivity contribution is -0.120. The van der Waals surface area contributed by atoms with Crippen LogP contribution in [-0.2, 0) is 16.0 Å². The Bertz CT molecular complexity index is 742. The van der Waals surface area contributed by atoms with Crippen LogP contribution in [-0.4, -0.2) is 30.8 Å². The minimum absolute atomic E-state index is 0.0750. The zero-order chi connectivity index (χ0) is 18.2. The highest BCUT2D eigenvalue weighted by atomic mass is 16.2. The number of hydrogen-bond donors (Lipinski definition) is 3. The lowest BCUT2D eigenvalue weighted by Crippen LogP contribution is -2.41. The molecule has 2 aromatic carbocycles. The van der Waals surface area contributed by atoms with E-state index >= 15 is 0 Å². The van der Waals surface area contributed by atoms with Gasteiger partial charge in [-0.05, 0) is 36.8 Å². The molecule has 0 heterocycles. The fourth-order valence-electron chi connectivity index (χ4n) is 2.17. The molecule has 130 valence electrons. The summed E-state index contributed by atoms with van der Waals surface area (Å²) < 4.78 is 0. The summed E-state index contributed by atoms with van der Waals surface area (Å²) in [5.41, 5.74) is 1.95. The first kappa shape index (κ1) is 18.2. The van der Waals surface area contributed by atoms with Crippen LogP contribution in [0.1, 0.15) is 22.8 Å². The summed E-state index contributed by atoms with van der Waals surface area (Å²) in [7, 11) is 1.59. The number of rotatable bonds is 6. The summed E-state index contributed by atoms with van der Waals surface area (Å²) in [6.45, 7) is 1.62. The minimum Gasteiger partial charge on any atom is -0.359 e. The second-order valence-corrected chi connectivity index (χ2v) is 5.60. The van der Waals surface area contributed by atoms with Gasteiger partial charge in [0.05, 0.1) is 6.42 Å². The van der Waals surface area contributed by atoms with E-state index < -0.39 is 6.04 Å². The highest BCUT2D eigenvalue weighted by molar-refractivity contribution is 6.00. The molecule has 2 aromatic rings. The quantitative estimate of drug-likeness (QED) is 0.749. The third kappa shape index (κ3) is 5.46. The van der Waals surface area contributed by atoms with Crippen molar-refractivity contribution in [2.75, 3.05) is 12.4 Å². The summed E-state index contributed by atoms with van der Waals surface area (Å²) in [6, 6.07) is 15.0. The summed E-state index contributed by atoms with van der Waals surface area (Å²) in [5, 5.41) is 7.95. The van der Waals surface area contributed by atoms with Gasteiger partial charge >= 0.3 is 0 Å². The topological polar surface area (TPSA) is 87.3 Å². The van der Waals surface area contributed by atoms with Crippen LogP contribution in [0.4, 0.5) is 5.69 Å². The van der Waals surface area contributed by atoms with E-state index in [1.807, 2.05) is 6.07 Å². The summed E-state index contributed by atoms with van der Waals surface area (Å²) in [5.74, 6) is -0.693. The predicted molar refractivity (Wildman–Crippen MR) is 96.2 cm³/mol. The summed E-state index contributed by atoms with van der Waals surface area (Å²) >= 11 is 0. The lowest BCUT2D eigenvalue weighted by atomic mass is 10.1. The van der Waals surface area contributed by atoms with E-state index in [9.17, 15) is 14.4 Å². The molecule has 3 N–H and O–H groups in total. The molecule has 1 unspecified atom stereocenters. The third-order valence-electron chi connectivity index (χ3n) is 3.64. The van der Waals surface area contributed by atoms with Crippen LogP contribution in [0, 0.1) is 0 Å². The van der Waals surface area contributed by atoms with E-state index in [0.29, 0.717) is 11.3 Å². The first-order valence-electron chi connectivity index (χ1n) is 7.96. The fourth-order valence-corrected chi connectivity index (χ4v) is 2.17. The molecule has 0 fully saturated rings. The van der Waals surface area contributed by atoms with Crippen LogP contribution in [0.5, 0.6) is 0 Å². The smallest absolute Gasteiger partial charge is 0.251 e. The van der Waals surface area contributed by atoms with E-state index in [-0.39, 0.29) is 24.1 Å². The Balaban J connectivity index is 1.90. The molecule has 0 bridgehead atoms. The van der Waals surface area contributed by atoms with Gasteiger partial charge in [0.1, 0.15) is 6.04 Å². The SMILES string of the molecule is CNC(=O)Cc1ccc(NC(=O)C(C)NC(=O)c2ccccc2)cc1. The first-order chi connectivity index (χ1) is 12.0. The van der Waals surface area contributed by atoms with Crippen LogP contribution in [0.3, 0.4) is 0 Å². The highest BCUT2D eigenvalue weighted by Crippen LogP contribution is 2.10. The first-order valence-corrected chi connectivity index (χ1v) is 7.96.